The topological polar surface area (TPSA) is 43.1 Å². The van der Waals surface area contributed by atoms with Crippen LogP contribution in [0.5, 0.6) is 0 Å². The number of hydrogen-bond acceptors (Lipinski definition) is 2. The average molecular weight is 325 g/mol. The van der Waals surface area contributed by atoms with Crippen molar-refractivity contribution in [2.24, 2.45) is 0 Å². The van der Waals surface area contributed by atoms with Gasteiger partial charge in [-0.3, -0.25) is 10.1 Å². The lowest BCUT2D eigenvalue weighted by atomic mass is 10.2. The second kappa shape index (κ2) is 6.95. The Bertz CT molecular complexity index is 316. The van der Waals surface area contributed by atoms with Crippen LogP contribution in [0, 0.1) is 10.1 Å². The van der Waals surface area contributed by atoms with Gasteiger partial charge < -0.3 is 0 Å². The Kier molecular flexibility index (Phi) is 6.74. The van der Waals surface area contributed by atoms with Gasteiger partial charge in [0.1, 0.15) is 0 Å². The van der Waals surface area contributed by atoms with E-state index in [1.807, 2.05) is 13.8 Å². The van der Waals surface area contributed by atoms with Crippen molar-refractivity contribution in [1.29, 1.82) is 0 Å². The van der Waals surface area contributed by atoms with Crippen LogP contribution in [0.1, 0.15) is 19.4 Å². The third-order valence-electron chi connectivity index (χ3n) is 1.39. The van der Waals surface area contributed by atoms with Gasteiger partial charge in [0.15, 0.2) is 0 Å². The van der Waals surface area contributed by atoms with Gasteiger partial charge in [-0.2, -0.15) is 0 Å². The molecular weight excluding hydrogens is 314 g/mol. The Morgan fingerprint density at radius 3 is 2.43 bits per heavy atom. The van der Waals surface area contributed by atoms with Gasteiger partial charge in [0, 0.05) is 21.4 Å². The number of rotatable bonds is 2. The van der Waals surface area contributed by atoms with Gasteiger partial charge in [-0.15, -0.1) is 0 Å². The third-order valence-corrected chi connectivity index (χ3v) is 2.49. The summed E-state index contributed by atoms with van der Waals surface area (Å²) in [6.07, 6.45) is 0. The molecule has 0 aliphatic heterocycles. The van der Waals surface area contributed by atoms with E-state index in [1.54, 1.807) is 12.1 Å². The van der Waals surface area contributed by atoms with E-state index in [2.05, 4.69) is 31.9 Å². The van der Waals surface area contributed by atoms with Crippen LogP contribution in [0.15, 0.2) is 22.7 Å². The fourth-order valence-corrected chi connectivity index (χ4v) is 1.64. The van der Waals surface area contributed by atoms with Crippen molar-refractivity contribution < 1.29 is 4.92 Å². The first-order valence-electron chi connectivity index (χ1n) is 4.14. The van der Waals surface area contributed by atoms with Crippen molar-refractivity contribution in [2.75, 3.05) is 0 Å². The first kappa shape index (κ1) is 13.6. The fourth-order valence-electron chi connectivity index (χ4n) is 0.820. The standard InChI is InChI=1S/C7H5Br2NO2.C2H6/c8-4-5-1-2-6(9)3-7(5)10(11)12;1-2/h1-3H,4H2;1-2H3. The highest BCUT2D eigenvalue weighted by Gasteiger charge is 2.11. The normalized spacial score (nSPS) is 8.86. The molecule has 5 heteroatoms. The number of halogens is 2. The summed E-state index contributed by atoms with van der Waals surface area (Å²) in [4.78, 5) is 10.1. The molecule has 0 radical (unpaired) electrons. The fraction of sp³-hybridized carbons (Fsp3) is 0.333. The maximum Gasteiger partial charge on any atom is 0.274 e. The van der Waals surface area contributed by atoms with Gasteiger partial charge in [0.25, 0.3) is 5.69 Å². The molecule has 0 unspecified atom stereocenters. The molecule has 0 aromatic heterocycles. The van der Waals surface area contributed by atoms with Crippen LogP contribution in [-0.2, 0) is 5.33 Å². The van der Waals surface area contributed by atoms with Crippen LogP contribution in [0.4, 0.5) is 5.69 Å². The second-order valence-electron chi connectivity index (χ2n) is 2.16. The molecule has 0 aliphatic rings. The zero-order valence-electron chi connectivity index (χ0n) is 7.96. The summed E-state index contributed by atoms with van der Waals surface area (Å²) in [5, 5.41) is 11.0. The molecule has 0 bridgehead atoms. The maximum atomic E-state index is 10.5. The molecule has 14 heavy (non-hydrogen) atoms. The molecule has 0 fully saturated rings. The van der Waals surface area contributed by atoms with Crippen molar-refractivity contribution >= 4 is 37.5 Å². The van der Waals surface area contributed by atoms with Gasteiger partial charge in [-0.05, 0) is 6.07 Å². The highest BCUT2D eigenvalue weighted by molar-refractivity contribution is 9.10. The molecule has 1 rings (SSSR count). The van der Waals surface area contributed by atoms with E-state index in [1.165, 1.54) is 6.07 Å². The first-order chi connectivity index (χ1) is 6.65. The molecule has 0 atom stereocenters. The molecule has 1 aromatic rings. The monoisotopic (exact) mass is 323 g/mol. The Hall–Kier alpha value is -0.420. The molecule has 0 N–H and O–H groups in total. The van der Waals surface area contributed by atoms with Crippen LogP contribution in [-0.4, -0.2) is 4.92 Å². The molecule has 78 valence electrons. The quantitative estimate of drug-likeness (QED) is 0.463. The number of nitrogens with zero attached hydrogens (tertiary/aromatic N) is 1. The predicted octanol–water partition coefficient (Wildman–Crippen LogP) is 4.28. The van der Waals surface area contributed by atoms with E-state index in [-0.39, 0.29) is 10.6 Å². The molecule has 1 aromatic carbocycles. The number of nitro benzene ring substituents is 1. The summed E-state index contributed by atoms with van der Waals surface area (Å²) >= 11 is 6.36. The van der Waals surface area contributed by atoms with Crippen molar-refractivity contribution in [3.8, 4) is 0 Å². The summed E-state index contributed by atoms with van der Waals surface area (Å²) in [5.74, 6) is 0. The zero-order valence-corrected chi connectivity index (χ0v) is 11.1. The molecule has 0 amide bonds. The van der Waals surface area contributed by atoms with Crippen LogP contribution >= 0.6 is 31.9 Å². The Morgan fingerprint density at radius 2 is 2.00 bits per heavy atom. The molecule has 0 saturated heterocycles. The van der Waals surface area contributed by atoms with E-state index in [9.17, 15) is 10.1 Å². The van der Waals surface area contributed by atoms with E-state index < -0.39 is 0 Å². The van der Waals surface area contributed by atoms with Gasteiger partial charge in [-0.1, -0.05) is 51.8 Å². The minimum Gasteiger partial charge on any atom is -0.258 e. The second-order valence-corrected chi connectivity index (χ2v) is 3.64. The lowest BCUT2D eigenvalue weighted by Crippen LogP contribution is -1.92. The highest BCUT2D eigenvalue weighted by atomic mass is 79.9. The van der Waals surface area contributed by atoms with Crippen LogP contribution in [0.2, 0.25) is 0 Å². The minimum absolute atomic E-state index is 0.140. The van der Waals surface area contributed by atoms with Crippen LogP contribution < -0.4 is 0 Å². The Labute approximate surface area is 99.9 Å². The summed E-state index contributed by atoms with van der Waals surface area (Å²) < 4.78 is 0.721. The van der Waals surface area contributed by atoms with Crippen molar-refractivity contribution in [1.82, 2.24) is 0 Å². The maximum absolute atomic E-state index is 10.5. The smallest absolute Gasteiger partial charge is 0.258 e. The van der Waals surface area contributed by atoms with Crippen LogP contribution in [0.3, 0.4) is 0 Å². The molecule has 0 aliphatic carbocycles. The van der Waals surface area contributed by atoms with Gasteiger partial charge in [0.2, 0.25) is 0 Å². The summed E-state index contributed by atoms with van der Waals surface area (Å²) in [6, 6.07) is 5.00. The van der Waals surface area contributed by atoms with E-state index in [0.717, 1.165) is 4.47 Å². The molecule has 3 nitrogen and oxygen atoms in total. The molecule has 0 heterocycles. The first-order valence-corrected chi connectivity index (χ1v) is 6.05. The third kappa shape index (κ3) is 3.75. The lowest BCUT2D eigenvalue weighted by Gasteiger charge is -1.98. The van der Waals surface area contributed by atoms with Gasteiger partial charge in [-0.25, -0.2) is 0 Å². The summed E-state index contributed by atoms with van der Waals surface area (Å²) in [6.45, 7) is 4.00. The highest BCUT2D eigenvalue weighted by Crippen LogP contribution is 2.24. The van der Waals surface area contributed by atoms with Crippen molar-refractivity contribution in [2.45, 2.75) is 19.2 Å². The van der Waals surface area contributed by atoms with Gasteiger partial charge >= 0.3 is 0 Å². The van der Waals surface area contributed by atoms with Crippen molar-refractivity contribution in [3.05, 3.63) is 38.3 Å². The largest absolute Gasteiger partial charge is 0.274 e. The zero-order chi connectivity index (χ0) is 11.1. The van der Waals surface area contributed by atoms with Gasteiger partial charge in [0.05, 0.1) is 4.92 Å². The minimum atomic E-state index is -0.388. The van der Waals surface area contributed by atoms with Crippen LogP contribution in [0.25, 0.3) is 0 Å². The average Bonchev–Trinajstić information content (AvgIpc) is 2.20. The van der Waals surface area contributed by atoms with E-state index >= 15 is 0 Å². The predicted molar refractivity (Wildman–Crippen MR) is 64.8 cm³/mol. The number of hydrogen-bond donors (Lipinski definition) is 0. The van der Waals surface area contributed by atoms with E-state index in [4.69, 9.17) is 0 Å². The number of alkyl halides is 1. The molecule has 0 spiro atoms. The van der Waals surface area contributed by atoms with Crippen molar-refractivity contribution in [3.63, 3.8) is 0 Å². The van der Waals surface area contributed by atoms with E-state index in [0.29, 0.717) is 10.9 Å². The SMILES string of the molecule is CC.O=[N+]([O-])c1cc(Br)ccc1CBr. The molecule has 0 saturated carbocycles. The number of benzene rings is 1. The summed E-state index contributed by atoms with van der Waals surface area (Å²) in [7, 11) is 0. The Morgan fingerprint density at radius 1 is 1.43 bits per heavy atom. The summed E-state index contributed by atoms with van der Waals surface area (Å²) in [5.41, 5.74) is 0.824. The molecular formula is C9H11Br2NO2. The lowest BCUT2D eigenvalue weighted by molar-refractivity contribution is -0.385. The Balaban J connectivity index is 0.000000791. The number of nitro groups is 1.